The van der Waals surface area contributed by atoms with Gasteiger partial charge < -0.3 is 4.90 Å². The minimum atomic E-state index is 0.918. The van der Waals surface area contributed by atoms with Crippen LogP contribution in [0.4, 0.5) is 17.1 Å². The summed E-state index contributed by atoms with van der Waals surface area (Å²) in [5.74, 6) is 0. The van der Waals surface area contributed by atoms with Gasteiger partial charge in [0.2, 0.25) is 0 Å². The predicted octanol–water partition coefficient (Wildman–Crippen LogP) is 5.93. The van der Waals surface area contributed by atoms with E-state index >= 15 is 0 Å². The Labute approximate surface area is 164 Å². The van der Waals surface area contributed by atoms with Crippen LogP contribution in [0.1, 0.15) is 33.5 Å². The van der Waals surface area contributed by atoms with Crippen molar-refractivity contribution in [1.29, 1.82) is 0 Å². The number of pyridine rings is 1. The van der Waals surface area contributed by atoms with E-state index < -0.39 is 0 Å². The molecule has 2 heteroatoms. The average Bonchev–Trinajstić information content (AvgIpc) is 3.09. The van der Waals surface area contributed by atoms with Crippen LogP contribution in [-0.2, 0) is 19.3 Å². The standard InChI is InChI=1S/C26H18N2/c1-2-8-21-16(5-1)11-19-15-25-20(13-22(19)21)12-17-6-3-7-18-14-23-24(9-4-10-27-23)28(25)26(17)18/h1-10,13,15H,11-12,14H2. The van der Waals surface area contributed by atoms with Gasteiger partial charge in [-0.25, -0.2) is 0 Å². The molecule has 1 aliphatic carbocycles. The van der Waals surface area contributed by atoms with Gasteiger partial charge >= 0.3 is 0 Å². The first kappa shape index (κ1) is 14.6. The Kier molecular flexibility index (Phi) is 2.67. The quantitative estimate of drug-likeness (QED) is 0.334. The summed E-state index contributed by atoms with van der Waals surface area (Å²) < 4.78 is 0. The van der Waals surface area contributed by atoms with Crippen LogP contribution in [0, 0.1) is 0 Å². The van der Waals surface area contributed by atoms with Crippen molar-refractivity contribution in [2.75, 3.05) is 4.90 Å². The molecule has 3 aliphatic rings. The molecule has 28 heavy (non-hydrogen) atoms. The molecule has 0 N–H and O–H groups in total. The zero-order valence-corrected chi connectivity index (χ0v) is 15.4. The number of para-hydroxylation sites is 1. The molecule has 0 radical (unpaired) electrons. The van der Waals surface area contributed by atoms with Crippen molar-refractivity contribution >= 4 is 17.1 Å². The highest BCUT2D eigenvalue weighted by atomic mass is 15.2. The van der Waals surface area contributed by atoms with Crippen LogP contribution in [0.25, 0.3) is 11.1 Å². The maximum absolute atomic E-state index is 4.71. The number of hydrogen-bond donors (Lipinski definition) is 0. The minimum absolute atomic E-state index is 0.918. The fourth-order valence-electron chi connectivity index (χ4n) is 5.31. The second kappa shape index (κ2) is 5.11. The molecule has 3 aromatic carbocycles. The van der Waals surface area contributed by atoms with Gasteiger partial charge in [0.25, 0.3) is 0 Å². The largest absolute Gasteiger partial charge is 0.308 e. The summed E-state index contributed by atoms with van der Waals surface area (Å²) in [6.45, 7) is 0. The Morgan fingerprint density at radius 1 is 0.607 bits per heavy atom. The molecule has 0 saturated carbocycles. The number of fused-ring (bicyclic) bond motifs is 7. The zero-order valence-electron chi connectivity index (χ0n) is 15.4. The molecule has 4 aromatic rings. The summed E-state index contributed by atoms with van der Waals surface area (Å²) in [5, 5.41) is 0. The molecule has 0 saturated heterocycles. The number of benzene rings is 3. The van der Waals surface area contributed by atoms with Gasteiger partial charge in [-0.3, -0.25) is 4.98 Å². The molecule has 0 bridgehead atoms. The lowest BCUT2D eigenvalue weighted by molar-refractivity contribution is 0.970. The molecule has 0 fully saturated rings. The van der Waals surface area contributed by atoms with E-state index in [1.165, 1.54) is 61.7 Å². The fraction of sp³-hybridized carbons (Fsp3) is 0.115. The van der Waals surface area contributed by atoms with Gasteiger partial charge in [-0.1, -0.05) is 42.5 Å². The summed E-state index contributed by atoms with van der Waals surface area (Å²) in [6.07, 6.45) is 4.86. The van der Waals surface area contributed by atoms with E-state index in [1.54, 1.807) is 0 Å². The second-order valence-corrected chi connectivity index (χ2v) is 8.06. The number of aromatic nitrogens is 1. The number of hydrogen-bond acceptors (Lipinski definition) is 2. The van der Waals surface area contributed by atoms with E-state index in [9.17, 15) is 0 Å². The maximum Gasteiger partial charge on any atom is 0.0688 e. The lowest BCUT2D eigenvalue weighted by Gasteiger charge is -2.39. The number of nitrogens with zero attached hydrogens (tertiary/aromatic N) is 2. The van der Waals surface area contributed by atoms with Crippen molar-refractivity contribution in [2.45, 2.75) is 19.3 Å². The molecule has 7 rings (SSSR count). The van der Waals surface area contributed by atoms with Crippen molar-refractivity contribution in [3.8, 4) is 11.1 Å². The van der Waals surface area contributed by atoms with Crippen molar-refractivity contribution in [1.82, 2.24) is 4.98 Å². The van der Waals surface area contributed by atoms with Gasteiger partial charge in [0.1, 0.15) is 0 Å². The van der Waals surface area contributed by atoms with E-state index in [0.717, 1.165) is 19.3 Å². The van der Waals surface area contributed by atoms with E-state index in [2.05, 4.69) is 71.6 Å². The van der Waals surface area contributed by atoms with Gasteiger partial charge in [-0.2, -0.15) is 0 Å². The predicted molar refractivity (Wildman–Crippen MR) is 113 cm³/mol. The van der Waals surface area contributed by atoms with Crippen LogP contribution in [-0.4, -0.2) is 4.98 Å². The third-order valence-corrected chi connectivity index (χ3v) is 6.51. The summed E-state index contributed by atoms with van der Waals surface area (Å²) in [6, 6.07) is 24.7. The molecule has 3 heterocycles. The molecule has 2 aliphatic heterocycles. The Hall–Kier alpha value is -3.39. The van der Waals surface area contributed by atoms with E-state index in [-0.39, 0.29) is 0 Å². The Morgan fingerprint density at radius 3 is 2.39 bits per heavy atom. The molecular formula is C26H18N2. The Bertz CT molecular complexity index is 1300. The highest BCUT2D eigenvalue weighted by molar-refractivity contribution is 5.91. The van der Waals surface area contributed by atoms with Crippen molar-refractivity contribution < 1.29 is 0 Å². The van der Waals surface area contributed by atoms with Gasteiger partial charge in [0.05, 0.1) is 22.8 Å². The van der Waals surface area contributed by atoms with Crippen molar-refractivity contribution in [3.63, 3.8) is 0 Å². The smallest absolute Gasteiger partial charge is 0.0688 e. The number of anilines is 3. The highest BCUT2D eigenvalue weighted by Crippen LogP contribution is 2.52. The monoisotopic (exact) mass is 358 g/mol. The molecule has 0 atom stereocenters. The van der Waals surface area contributed by atoms with Crippen LogP contribution >= 0.6 is 0 Å². The average molecular weight is 358 g/mol. The van der Waals surface area contributed by atoms with E-state index in [4.69, 9.17) is 4.98 Å². The normalized spacial score (nSPS) is 14.6. The van der Waals surface area contributed by atoms with Gasteiger partial charge in [-0.15, -0.1) is 0 Å². The van der Waals surface area contributed by atoms with Gasteiger partial charge in [0.15, 0.2) is 0 Å². The lowest BCUT2D eigenvalue weighted by Crippen LogP contribution is -2.25. The number of rotatable bonds is 0. The maximum atomic E-state index is 4.71. The molecule has 1 aromatic heterocycles. The van der Waals surface area contributed by atoms with Crippen molar-refractivity contribution in [3.05, 3.63) is 106 Å². The zero-order chi connectivity index (χ0) is 18.2. The van der Waals surface area contributed by atoms with Crippen LogP contribution in [0.2, 0.25) is 0 Å². The summed E-state index contributed by atoms with van der Waals surface area (Å²) in [4.78, 5) is 7.18. The third-order valence-electron chi connectivity index (χ3n) is 6.51. The van der Waals surface area contributed by atoms with Gasteiger partial charge in [0, 0.05) is 19.0 Å². The third kappa shape index (κ3) is 1.80. The van der Waals surface area contributed by atoms with Crippen LogP contribution in [0.15, 0.2) is 72.9 Å². The Morgan fingerprint density at radius 2 is 1.43 bits per heavy atom. The molecular weight excluding hydrogens is 340 g/mol. The van der Waals surface area contributed by atoms with Crippen molar-refractivity contribution in [2.24, 2.45) is 0 Å². The fourth-order valence-corrected chi connectivity index (χ4v) is 5.31. The minimum Gasteiger partial charge on any atom is -0.308 e. The Balaban J connectivity index is 1.51. The van der Waals surface area contributed by atoms with E-state index in [0.29, 0.717) is 0 Å². The van der Waals surface area contributed by atoms with E-state index in [1.807, 2.05) is 6.20 Å². The van der Waals surface area contributed by atoms with Crippen LogP contribution < -0.4 is 4.90 Å². The summed E-state index contributed by atoms with van der Waals surface area (Å²) >= 11 is 0. The first-order chi connectivity index (χ1) is 13.9. The second-order valence-electron chi connectivity index (χ2n) is 8.06. The molecule has 0 spiro atoms. The van der Waals surface area contributed by atoms with Crippen LogP contribution in [0.3, 0.4) is 0 Å². The lowest BCUT2D eigenvalue weighted by atomic mass is 9.86. The highest BCUT2D eigenvalue weighted by Gasteiger charge is 2.33. The molecule has 0 amide bonds. The molecule has 0 unspecified atom stereocenters. The van der Waals surface area contributed by atoms with Gasteiger partial charge in [-0.05, 0) is 69.6 Å². The SMILES string of the molecule is c1ccc2c(c1)Cc1cc3c(cc1-2)Cc1cccc2c1N3c1cccnc1C2. The first-order valence-corrected chi connectivity index (χ1v) is 9.96. The molecule has 132 valence electrons. The summed E-state index contributed by atoms with van der Waals surface area (Å²) in [7, 11) is 0. The summed E-state index contributed by atoms with van der Waals surface area (Å²) in [5.41, 5.74) is 15.0. The molecule has 2 nitrogen and oxygen atoms in total. The first-order valence-electron chi connectivity index (χ1n) is 9.96. The topological polar surface area (TPSA) is 16.1 Å². The van der Waals surface area contributed by atoms with Crippen LogP contribution in [0.5, 0.6) is 0 Å².